The van der Waals surface area contributed by atoms with Gasteiger partial charge in [0.25, 0.3) is 0 Å². The number of ether oxygens (including phenoxy) is 1. The van der Waals surface area contributed by atoms with Crippen molar-refractivity contribution in [3.8, 4) is 0 Å². The summed E-state index contributed by atoms with van der Waals surface area (Å²) in [4.78, 5) is 0. The molecule has 0 radical (unpaired) electrons. The zero-order chi connectivity index (χ0) is 22.8. The Hall–Kier alpha value is -0.120. The molecule has 0 rings (SSSR count). The second-order valence-corrected chi connectivity index (χ2v) is 9.94. The molecular formula is C28H60N2O. The van der Waals surface area contributed by atoms with Gasteiger partial charge in [-0.1, -0.05) is 129 Å². The predicted molar refractivity (Wildman–Crippen MR) is 140 cm³/mol. The summed E-state index contributed by atoms with van der Waals surface area (Å²) in [7, 11) is 0. The summed E-state index contributed by atoms with van der Waals surface area (Å²) in [6.07, 6.45) is 29.1. The molecule has 0 heterocycles. The van der Waals surface area contributed by atoms with Crippen LogP contribution in [0.4, 0.5) is 0 Å². The highest BCUT2D eigenvalue weighted by Gasteiger charge is 2.05. The second kappa shape index (κ2) is 26.1. The first-order valence-electron chi connectivity index (χ1n) is 14.3. The molecule has 2 unspecified atom stereocenters. The van der Waals surface area contributed by atoms with Crippen molar-refractivity contribution in [3.05, 3.63) is 0 Å². The molecule has 3 nitrogen and oxygen atoms in total. The minimum atomic E-state index is 0.306. The van der Waals surface area contributed by atoms with E-state index in [9.17, 15) is 0 Å². The summed E-state index contributed by atoms with van der Waals surface area (Å²) in [5, 5.41) is 0. The summed E-state index contributed by atoms with van der Waals surface area (Å²) >= 11 is 0. The van der Waals surface area contributed by atoms with Crippen LogP contribution in [0.3, 0.4) is 0 Å². The van der Waals surface area contributed by atoms with Crippen molar-refractivity contribution in [2.24, 2.45) is 11.5 Å². The maximum absolute atomic E-state index is 6.25. The van der Waals surface area contributed by atoms with Gasteiger partial charge < -0.3 is 16.2 Å². The number of unbranched alkanes of at least 4 members (excludes halogenated alkanes) is 16. The molecule has 0 saturated heterocycles. The predicted octanol–water partition coefficient (Wildman–Crippen LogP) is 8.28. The Labute approximate surface area is 196 Å². The summed E-state index contributed by atoms with van der Waals surface area (Å²) < 4.78 is 5.80. The Bertz CT molecular complexity index is 294. The second-order valence-electron chi connectivity index (χ2n) is 9.94. The molecule has 0 aromatic heterocycles. The molecule has 0 aromatic carbocycles. The van der Waals surface area contributed by atoms with Gasteiger partial charge in [0.15, 0.2) is 0 Å². The van der Waals surface area contributed by atoms with Crippen molar-refractivity contribution in [1.82, 2.24) is 0 Å². The fourth-order valence-corrected chi connectivity index (χ4v) is 4.29. The van der Waals surface area contributed by atoms with Gasteiger partial charge in [-0.15, -0.1) is 0 Å². The number of hydrogen-bond donors (Lipinski definition) is 2. The molecule has 0 aliphatic heterocycles. The molecule has 0 saturated carbocycles. The lowest BCUT2D eigenvalue weighted by Crippen LogP contribution is -2.24. The van der Waals surface area contributed by atoms with Gasteiger partial charge in [-0.3, -0.25) is 0 Å². The molecular weight excluding hydrogens is 380 g/mol. The Morgan fingerprint density at radius 2 is 0.710 bits per heavy atom. The molecule has 0 fully saturated rings. The van der Waals surface area contributed by atoms with Crippen LogP contribution in [0.2, 0.25) is 0 Å². The van der Waals surface area contributed by atoms with Crippen molar-refractivity contribution < 1.29 is 4.74 Å². The van der Waals surface area contributed by atoms with Crippen molar-refractivity contribution in [2.45, 2.75) is 167 Å². The van der Waals surface area contributed by atoms with E-state index in [0.717, 1.165) is 38.9 Å². The monoisotopic (exact) mass is 440 g/mol. The standard InChI is InChI=1S/C28H60N2O/c1-3-5-7-9-11-13-15-17-19-21-27(29)23-25-31-26-24-28(30)22-20-18-16-14-12-10-8-6-4-2/h27-28H,3-26,29-30H2,1-2H3. The van der Waals surface area contributed by atoms with E-state index in [0.29, 0.717) is 12.1 Å². The van der Waals surface area contributed by atoms with Crippen molar-refractivity contribution >= 4 is 0 Å². The molecule has 0 aliphatic rings. The highest BCUT2D eigenvalue weighted by atomic mass is 16.5. The largest absolute Gasteiger partial charge is 0.381 e. The van der Waals surface area contributed by atoms with E-state index < -0.39 is 0 Å². The van der Waals surface area contributed by atoms with Crippen LogP contribution in [0.25, 0.3) is 0 Å². The van der Waals surface area contributed by atoms with Gasteiger partial charge in [-0.2, -0.15) is 0 Å². The first kappa shape index (κ1) is 30.9. The summed E-state index contributed by atoms with van der Waals surface area (Å²) in [6.45, 7) is 6.15. The maximum atomic E-state index is 6.25. The lowest BCUT2D eigenvalue weighted by Gasteiger charge is -2.14. The van der Waals surface area contributed by atoms with Crippen molar-refractivity contribution in [1.29, 1.82) is 0 Å². The quantitative estimate of drug-likeness (QED) is 0.133. The van der Waals surface area contributed by atoms with E-state index in [2.05, 4.69) is 13.8 Å². The van der Waals surface area contributed by atoms with Gasteiger partial charge in [0, 0.05) is 25.3 Å². The average molecular weight is 441 g/mol. The molecule has 0 aromatic rings. The van der Waals surface area contributed by atoms with Gasteiger partial charge in [0.2, 0.25) is 0 Å². The molecule has 188 valence electrons. The summed E-state index contributed by atoms with van der Waals surface area (Å²) in [6, 6.07) is 0.611. The fourth-order valence-electron chi connectivity index (χ4n) is 4.29. The molecule has 0 bridgehead atoms. The van der Waals surface area contributed by atoms with Gasteiger partial charge >= 0.3 is 0 Å². The van der Waals surface area contributed by atoms with E-state index in [1.165, 1.54) is 116 Å². The van der Waals surface area contributed by atoms with Gasteiger partial charge in [0.1, 0.15) is 0 Å². The molecule has 0 amide bonds. The van der Waals surface area contributed by atoms with Crippen LogP contribution in [-0.4, -0.2) is 25.3 Å². The van der Waals surface area contributed by atoms with Crippen LogP contribution < -0.4 is 11.5 Å². The lowest BCUT2D eigenvalue weighted by molar-refractivity contribution is 0.119. The zero-order valence-corrected chi connectivity index (χ0v) is 21.7. The van der Waals surface area contributed by atoms with E-state index in [4.69, 9.17) is 16.2 Å². The Kier molecular flexibility index (Phi) is 26.0. The van der Waals surface area contributed by atoms with E-state index in [-0.39, 0.29) is 0 Å². The fraction of sp³-hybridized carbons (Fsp3) is 1.00. The SMILES string of the molecule is CCCCCCCCCCCC(N)CCOCCC(N)CCCCCCCCCCC. The number of hydrogen-bond acceptors (Lipinski definition) is 3. The average Bonchev–Trinajstić information content (AvgIpc) is 2.76. The van der Waals surface area contributed by atoms with E-state index in [1.807, 2.05) is 0 Å². The molecule has 2 atom stereocenters. The van der Waals surface area contributed by atoms with Crippen LogP contribution in [0.15, 0.2) is 0 Å². The van der Waals surface area contributed by atoms with Gasteiger partial charge in [-0.25, -0.2) is 0 Å². The summed E-state index contributed by atoms with van der Waals surface area (Å²) in [5.74, 6) is 0. The first-order chi connectivity index (χ1) is 15.2. The highest BCUT2D eigenvalue weighted by molar-refractivity contribution is 4.63. The van der Waals surface area contributed by atoms with Gasteiger partial charge in [-0.05, 0) is 25.7 Å². The van der Waals surface area contributed by atoms with E-state index >= 15 is 0 Å². The Morgan fingerprint density at radius 3 is 1.03 bits per heavy atom. The smallest absolute Gasteiger partial charge is 0.0480 e. The molecule has 0 spiro atoms. The van der Waals surface area contributed by atoms with Crippen molar-refractivity contribution in [2.75, 3.05) is 13.2 Å². The maximum Gasteiger partial charge on any atom is 0.0480 e. The molecule has 31 heavy (non-hydrogen) atoms. The number of nitrogens with two attached hydrogens (primary N) is 2. The van der Waals surface area contributed by atoms with Crippen LogP contribution in [0.1, 0.15) is 155 Å². The topological polar surface area (TPSA) is 61.3 Å². The minimum Gasteiger partial charge on any atom is -0.381 e. The number of rotatable bonds is 26. The first-order valence-corrected chi connectivity index (χ1v) is 14.3. The van der Waals surface area contributed by atoms with Gasteiger partial charge in [0.05, 0.1) is 0 Å². The van der Waals surface area contributed by atoms with Crippen LogP contribution >= 0.6 is 0 Å². The third-order valence-corrected chi connectivity index (χ3v) is 6.62. The highest BCUT2D eigenvalue weighted by Crippen LogP contribution is 2.13. The Morgan fingerprint density at radius 1 is 0.419 bits per heavy atom. The van der Waals surface area contributed by atoms with Crippen LogP contribution in [0.5, 0.6) is 0 Å². The third-order valence-electron chi connectivity index (χ3n) is 6.62. The van der Waals surface area contributed by atoms with Crippen LogP contribution in [-0.2, 0) is 4.74 Å². The minimum absolute atomic E-state index is 0.306. The van der Waals surface area contributed by atoms with E-state index in [1.54, 1.807) is 0 Å². The Balaban J connectivity index is 3.26. The zero-order valence-electron chi connectivity index (χ0n) is 21.7. The van der Waals surface area contributed by atoms with Crippen LogP contribution in [0, 0.1) is 0 Å². The normalized spacial score (nSPS) is 13.5. The van der Waals surface area contributed by atoms with Crippen molar-refractivity contribution in [3.63, 3.8) is 0 Å². The molecule has 4 N–H and O–H groups in total. The third kappa shape index (κ3) is 26.0. The molecule has 0 aliphatic carbocycles. The lowest BCUT2D eigenvalue weighted by atomic mass is 10.0. The summed E-state index contributed by atoms with van der Waals surface area (Å²) in [5.41, 5.74) is 12.5. The molecule has 3 heteroatoms.